The van der Waals surface area contributed by atoms with E-state index >= 15 is 0 Å². The minimum Gasteiger partial charge on any atom is -0.378 e. The molecule has 0 saturated carbocycles. The zero-order valence-corrected chi connectivity index (χ0v) is 10.9. The molecule has 0 aliphatic rings. The van der Waals surface area contributed by atoms with Crippen molar-refractivity contribution >= 4 is 23.2 Å². The van der Waals surface area contributed by atoms with E-state index in [-0.39, 0.29) is 12.3 Å². The van der Waals surface area contributed by atoms with Crippen LogP contribution in [-0.2, 0) is 11.3 Å². The zero-order chi connectivity index (χ0) is 13.1. The molecule has 0 spiro atoms. The summed E-state index contributed by atoms with van der Waals surface area (Å²) in [6.07, 6.45) is 0. The van der Waals surface area contributed by atoms with Crippen molar-refractivity contribution in [2.75, 3.05) is 7.11 Å². The van der Waals surface area contributed by atoms with Crippen LogP contribution in [0.15, 0.2) is 18.2 Å². The molecule has 1 heterocycles. The summed E-state index contributed by atoms with van der Waals surface area (Å²) < 4.78 is 6.54. The Bertz CT molecular complexity index is 618. The van der Waals surface area contributed by atoms with Crippen molar-refractivity contribution in [1.82, 2.24) is 15.0 Å². The van der Waals surface area contributed by atoms with Gasteiger partial charge in [-0.25, -0.2) is 4.68 Å². The number of methoxy groups -OCH3 is 1. The van der Waals surface area contributed by atoms with Gasteiger partial charge < -0.3 is 4.74 Å². The van der Waals surface area contributed by atoms with Gasteiger partial charge in [0.1, 0.15) is 11.8 Å². The SMILES string of the molecule is COCc1c(C#N)nnn1-c1ccc(Cl)c(Cl)c1. The molecule has 0 radical (unpaired) electrons. The molecule has 2 aromatic rings. The number of nitrogens with zero attached hydrogens (tertiary/aromatic N) is 4. The fraction of sp³-hybridized carbons (Fsp3) is 0.182. The molecule has 2 rings (SSSR count). The lowest BCUT2D eigenvalue weighted by molar-refractivity contribution is 0.179. The Balaban J connectivity index is 2.53. The summed E-state index contributed by atoms with van der Waals surface area (Å²) in [7, 11) is 1.54. The van der Waals surface area contributed by atoms with Gasteiger partial charge in [0.05, 0.1) is 22.3 Å². The number of nitriles is 1. The second-order valence-electron chi connectivity index (χ2n) is 3.44. The van der Waals surface area contributed by atoms with E-state index in [2.05, 4.69) is 10.3 Å². The van der Waals surface area contributed by atoms with Crippen LogP contribution >= 0.6 is 23.2 Å². The van der Waals surface area contributed by atoms with Gasteiger partial charge in [-0.05, 0) is 18.2 Å². The van der Waals surface area contributed by atoms with E-state index in [9.17, 15) is 0 Å². The third-order valence-electron chi connectivity index (χ3n) is 2.30. The Morgan fingerprint density at radius 3 is 2.78 bits per heavy atom. The van der Waals surface area contributed by atoms with Crippen LogP contribution in [0.4, 0.5) is 0 Å². The van der Waals surface area contributed by atoms with Crippen LogP contribution < -0.4 is 0 Å². The Hall–Kier alpha value is -1.61. The highest BCUT2D eigenvalue weighted by Crippen LogP contribution is 2.25. The molecule has 92 valence electrons. The van der Waals surface area contributed by atoms with Gasteiger partial charge in [0, 0.05) is 7.11 Å². The quantitative estimate of drug-likeness (QED) is 0.868. The van der Waals surface area contributed by atoms with E-state index in [1.54, 1.807) is 18.2 Å². The molecular weight excluding hydrogens is 275 g/mol. The van der Waals surface area contributed by atoms with Crippen LogP contribution in [0, 0.1) is 11.3 Å². The third kappa shape index (κ3) is 2.31. The largest absolute Gasteiger partial charge is 0.378 e. The Kier molecular flexibility index (Phi) is 3.82. The van der Waals surface area contributed by atoms with Crippen LogP contribution in [0.5, 0.6) is 0 Å². The lowest BCUT2D eigenvalue weighted by Gasteiger charge is -2.06. The molecule has 0 N–H and O–H groups in total. The van der Waals surface area contributed by atoms with Crippen molar-refractivity contribution in [3.8, 4) is 11.8 Å². The Morgan fingerprint density at radius 2 is 2.17 bits per heavy atom. The fourth-order valence-electron chi connectivity index (χ4n) is 1.48. The number of ether oxygens (including phenoxy) is 1. The van der Waals surface area contributed by atoms with Crippen molar-refractivity contribution in [3.63, 3.8) is 0 Å². The van der Waals surface area contributed by atoms with Gasteiger partial charge in [0.15, 0.2) is 5.69 Å². The molecule has 0 atom stereocenters. The Morgan fingerprint density at radius 1 is 1.39 bits per heavy atom. The minimum atomic E-state index is 0.225. The molecule has 18 heavy (non-hydrogen) atoms. The molecule has 1 aromatic heterocycles. The van der Waals surface area contributed by atoms with Crippen molar-refractivity contribution in [2.24, 2.45) is 0 Å². The number of rotatable bonds is 3. The molecule has 0 aliphatic carbocycles. The van der Waals surface area contributed by atoms with E-state index in [1.807, 2.05) is 6.07 Å². The number of aromatic nitrogens is 3. The number of halogens is 2. The highest BCUT2D eigenvalue weighted by molar-refractivity contribution is 6.42. The van der Waals surface area contributed by atoms with Crippen molar-refractivity contribution < 1.29 is 4.74 Å². The van der Waals surface area contributed by atoms with Crippen LogP contribution in [-0.4, -0.2) is 22.1 Å². The first-order chi connectivity index (χ1) is 8.67. The molecule has 7 heteroatoms. The van der Waals surface area contributed by atoms with Gasteiger partial charge in [0.25, 0.3) is 0 Å². The monoisotopic (exact) mass is 282 g/mol. The Labute approximate surface area is 113 Å². The van der Waals surface area contributed by atoms with Gasteiger partial charge in [-0.2, -0.15) is 5.26 Å². The zero-order valence-electron chi connectivity index (χ0n) is 9.39. The van der Waals surface area contributed by atoms with Gasteiger partial charge >= 0.3 is 0 Å². The lowest BCUT2D eigenvalue weighted by Crippen LogP contribution is -2.04. The molecule has 0 unspecified atom stereocenters. The normalized spacial score (nSPS) is 10.3. The average molecular weight is 283 g/mol. The third-order valence-corrected chi connectivity index (χ3v) is 3.04. The van der Waals surface area contributed by atoms with Crippen LogP contribution in [0.2, 0.25) is 10.0 Å². The van der Waals surface area contributed by atoms with E-state index in [0.717, 1.165) is 0 Å². The van der Waals surface area contributed by atoms with Gasteiger partial charge in [-0.3, -0.25) is 0 Å². The fourth-order valence-corrected chi connectivity index (χ4v) is 1.77. The summed E-state index contributed by atoms with van der Waals surface area (Å²) in [5.41, 5.74) is 1.46. The molecule has 0 amide bonds. The average Bonchev–Trinajstić information content (AvgIpc) is 2.76. The van der Waals surface area contributed by atoms with Gasteiger partial charge in [0.2, 0.25) is 0 Å². The van der Waals surface area contributed by atoms with Crippen molar-refractivity contribution in [3.05, 3.63) is 39.6 Å². The second kappa shape index (κ2) is 5.36. The molecule has 0 bridgehead atoms. The van der Waals surface area contributed by atoms with E-state index in [1.165, 1.54) is 11.8 Å². The topological polar surface area (TPSA) is 63.7 Å². The second-order valence-corrected chi connectivity index (χ2v) is 4.25. The number of hydrogen-bond acceptors (Lipinski definition) is 4. The summed E-state index contributed by atoms with van der Waals surface area (Å²) in [6, 6.07) is 7.01. The smallest absolute Gasteiger partial charge is 0.188 e. The van der Waals surface area contributed by atoms with Crippen LogP contribution in [0.1, 0.15) is 11.4 Å². The van der Waals surface area contributed by atoms with Crippen LogP contribution in [0.25, 0.3) is 5.69 Å². The first-order valence-electron chi connectivity index (χ1n) is 4.96. The first kappa shape index (κ1) is 12.8. The maximum atomic E-state index is 8.94. The number of benzene rings is 1. The van der Waals surface area contributed by atoms with E-state index in [0.29, 0.717) is 21.4 Å². The van der Waals surface area contributed by atoms with Gasteiger partial charge in [-0.15, -0.1) is 5.10 Å². The predicted molar refractivity (Wildman–Crippen MR) is 66.8 cm³/mol. The van der Waals surface area contributed by atoms with Crippen molar-refractivity contribution in [1.29, 1.82) is 5.26 Å². The predicted octanol–water partition coefficient (Wildman–Crippen LogP) is 2.59. The van der Waals surface area contributed by atoms with E-state index in [4.69, 9.17) is 33.2 Å². The molecular formula is C11H8Cl2N4O. The lowest BCUT2D eigenvalue weighted by atomic mass is 10.3. The molecule has 1 aromatic carbocycles. The summed E-state index contributed by atoms with van der Waals surface area (Å²) >= 11 is 11.8. The van der Waals surface area contributed by atoms with Crippen LogP contribution in [0.3, 0.4) is 0 Å². The molecule has 0 fully saturated rings. The number of hydrogen-bond donors (Lipinski definition) is 0. The maximum absolute atomic E-state index is 8.94. The summed E-state index contributed by atoms with van der Waals surface area (Å²) in [4.78, 5) is 0. The summed E-state index contributed by atoms with van der Waals surface area (Å²) in [5, 5.41) is 17.5. The highest BCUT2D eigenvalue weighted by atomic mass is 35.5. The molecule has 0 aliphatic heterocycles. The standard InChI is InChI=1S/C11H8Cl2N4O/c1-18-6-11-10(5-14)15-16-17(11)7-2-3-8(12)9(13)4-7/h2-4H,6H2,1H3. The minimum absolute atomic E-state index is 0.225. The van der Waals surface area contributed by atoms with Crippen molar-refractivity contribution in [2.45, 2.75) is 6.61 Å². The summed E-state index contributed by atoms with van der Waals surface area (Å²) in [6.45, 7) is 0.232. The molecule has 0 saturated heterocycles. The maximum Gasteiger partial charge on any atom is 0.188 e. The first-order valence-corrected chi connectivity index (χ1v) is 5.72. The molecule has 5 nitrogen and oxygen atoms in total. The van der Waals surface area contributed by atoms with E-state index < -0.39 is 0 Å². The highest BCUT2D eigenvalue weighted by Gasteiger charge is 2.14. The summed E-state index contributed by atoms with van der Waals surface area (Å²) in [5.74, 6) is 0. The van der Waals surface area contributed by atoms with Gasteiger partial charge in [-0.1, -0.05) is 28.4 Å².